The average molecular weight is 260 g/mol. The van der Waals surface area contributed by atoms with Gasteiger partial charge in [-0.2, -0.15) is 5.10 Å². The smallest absolute Gasteiger partial charge is 0.229 e. The van der Waals surface area contributed by atoms with Gasteiger partial charge in [0.15, 0.2) is 11.5 Å². The van der Waals surface area contributed by atoms with Crippen LogP contribution in [0.2, 0.25) is 0 Å². The third-order valence-corrected chi connectivity index (χ3v) is 3.52. The van der Waals surface area contributed by atoms with E-state index in [9.17, 15) is 9.90 Å². The highest BCUT2D eigenvalue weighted by Gasteiger charge is 2.51. The summed E-state index contributed by atoms with van der Waals surface area (Å²) in [6, 6.07) is 3.61. The van der Waals surface area contributed by atoms with E-state index in [1.54, 1.807) is 36.8 Å². The number of nitrogens with one attached hydrogen (secondary N) is 1. The van der Waals surface area contributed by atoms with Crippen LogP contribution in [0.3, 0.4) is 0 Å². The van der Waals surface area contributed by atoms with Crippen LogP contribution in [0.5, 0.6) is 0 Å². The summed E-state index contributed by atoms with van der Waals surface area (Å²) in [5, 5.41) is 16.7. The number of carbonyl (C=O) groups is 1. The molecule has 6 heteroatoms. The summed E-state index contributed by atoms with van der Waals surface area (Å²) in [5.41, 5.74) is -0.115. The lowest BCUT2D eigenvalue weighted by atomic mass is 10.0. The molecule has 0 saturated heterocycles. The van der Waals surface area contributed by atoms with Crippen molar-refractivity contribution >= 4 is 17.4 Å². The number of anilines is 1. The third-order valence-electron chi connectivity index (χ3n) is 3.52. The van der Waals surface area contributed by atoms with E-state index in [-0.39, 0.29) is 17.7 Å². The Kier molecular flexibility index (Phi) is 2.56. The highest BCUT2D eigenvalue weighted by Crippen LogP contribution is 2.46. The van der Waals surface area contributed by atoms with Crippen molar-refractivity contribution in [3.63, 3.8) is 0 Å². The van der Waals surface area contributed by atoms with E-state index in [2.05, 4.69) is 15.4 Å². The molecule has 0 radical (unpaired) electrons. The van der Waals surface area contributed by atoms with Crippen molar-refractivity contribution in [2.24, 2.45) is 11.8 Å². The van der Waals surface area contributed by atoms with Gasteiger partial charge in [0.05, 0.1) is 11.8 Å². The van der Waals surface area contributed by atoms with Crippen molar-refractivity contribution in [3.8, 4) is 0 Å². The first-order valence-corrected chi connectivity index (χ1v) is 6.29. The highest BCUT2D eigenvalue weighted by molar-refractivity contribution is 5.94. The molecule has 1 aliphatic carbocycles. The van der Waals surface area contributed by atoms with E-state index in [0.717, 1.165) is 6.42 Å². The molecule has 2 heterocycles. The molecule has 0 spiro atoms. The standard InChI is InChI=1S/C13H16N4O2/c1-13(2,19)9-6-8(9)12(18)16-10-7-17-11(15-10)4-3-5-14-17/h3-5,7-9,19H,6H2,1-2H3,(H,16,18). The molecule has 1 fully saturated rings. The molecule has 0 aliphatic heterocycles. The fourth-order valence-corrected chi connectivity index (χ4v) is 2.38. The molecule has 6 nitrogen and oxygen atoms in total. The zero-order valence-corrected chi connectivity index (χ0v) is 10.9. The van der Waals surface area contributed by atoms with E-state index in [1.807, 2.05) is 6.07 Å². The number of nitrogens with zero attached hydrogens (tertiary/aromatic N) is 3. The van der Waals surface area contributed by atoms with Crippen molar-refractivity contribution in [1.29, 1.82) is 0 Å². The van der Waals surface area contributed by atoms with Gasteiger partial charge in [-0.05, 0) is 38.3 Å². The number of aliphatic hydroxyl groups is 1. The minimum atomic E-state index is -0.803. The van der Waals surface area contributed by atoms with Crippen molar-refractivity contribution in [2.45, 2.75) is 25.9 Å². The summed E-state index contributed by atoms with van der Waals surface area (Å²) < 4.78 is 1.61. The van der Waals surface area contributed by atoms with Gasteiger partial charge in [0.25, 0.3) is 0 Å². The number of fused-ring (bicyclic) bond motifs is 1. The van der Waals surface area contributed by atoms with Crippen LogP contribution in [-0.4, -0.2) is 31.2 Å². The predicted octanol–water partition coefficient (Wildman–Crippen LogP) is 1.07. The molecule has 3 rings (SSSR count). The topological polar surface area (TPSA) is 79.5 Å². The SMILES string of the molecule is CC(C)(O)C1CC1C(=O)Nc1cn2ncccc2n1. The maximum atomic E-state index is 12.0. The number of aromatic nitrogens is 3. The van der Waals surface area contributed by atoms with E-state index >= 15 is 0 Å². The minimum Gasteiger partial charge on any atom is -0.390 e. The number of amides is 1. The van der Waals surface area contributed by atoms with Gasteiger partial charge >= 0.3 is 0 Å². The van der Waals surface area contributed by atoms with E-state index in [0.29, 0.717) is 11.5 Å². The van der Waals surface area contributed by atoms with Gasteiger partial charge in [0.2, 0.25) is 5.91 Å². The molecule has 1 amide bonds. The van der Waals surface area contributed by atoms with Crippen LogP contribution in [0.15, 0.2) is 24.5 Å². The summed E-state index contributed by atoms with van der Waals surface area (Å²) in [5.74, 6) is 0.307. The largest absolute Gasteiger partial charge is 0.390 e. The third kappa shape index (κ3) is 2.31. The Morgan fingerprint density at radius 1 is 1.58 bits per heavy atom. The van der Waals surface area contributed by atoms with Crippen molar-refractivity contribution < 1.29 is 9.90 Å². The lowest BCUT2D eigenvalue weighted by Gasteiger charge is -2.16. The van der Waals surface area contributed by atoms with Crippen molar-refractivity contribution in [3.05, 3.63) is 24.5 Å². The molecule has 100 valence electrons. The van der Waals surface area contributed by atoms with Crippen LogP contribution in [0.4, 0.5) is 5.82 Å². The zero-order valence-electron chi connectivity index (χ0n) is 10.9. The summed E-state index contributed by atoms with van der Waals surface area (Å²) in [6.45, 7) is 3.47. The number of carbonyl (C=O) groups excluding carboxylic acids is 1. The molecule has 2 aromatic heterocycles. The number of hydrogen-bond donors (Lipinski definition) is 2. The first-order valence-electron chi connectivity index (χ1n) is 6.29. The predicted molar refractivity (Wildman–Crippen MR) is 69.5 cm³/mol. The second kappa shape index (κ2) is 4.03. The first kappa shape index (κ1) is 12.1. The van der Waals surface area contributed by atoms with E-state index in [4.69, 9.17) is 0 Å². The van der Waals surface area contributed by atoms with E-state index in [1.165, 1.54) is 0 Å². The number of rotatable bonds is 3. The summed E-state index contributed by atoms with van der Waals surface area (Å²) in [6.07, 6.45) is 4.06. The van der Waals surface area contributed by atoms with Crippen LogP contribution in [0.1, 0.15) is 20.3 Å². The zero-order chi connectivity index (χ0) is 13.6. The molecule has 2 N–H and O–H groups in total. The molecule has 1 saturated carbocycles. The van der Waals surface area contributed by atoms with Crippen molar-refractivity contribution in [1.82, 2.24) is 14.6 Å². The van der Waals surface area contributed by atoms with Gasteiger partial charge in [-0.15, -0.1) is 0 Å². The molecular weight excluding hydrogens is 244 g/mol. The van der Waals surface area contributed by atoms with Crippen LogP contribution in [0.25, 0.3) is 5.65 Å². The van der Waals surface area contributed by atoms with Gasteiger partial charge in [0, 0.05) is 12.1 Å². The van der Waals surface area contributed by atoms with Gasteiger partial charge in [-0.25, -0.2) is 9.50 Å². The maximum absolute atomic E-state index is 12.0. The number of hydrogen-bond acceptors (Lipinski definition) is 4. The van der Waals surface area contributed by atoms with Gasteiger partial charge < -0.3 is 10.4 Å². The average Bonchev–Trinajstić information content (AvgIpc) is 3.04. The molecule has 2 unspecified atom stereocenters. The van der Waals surface area contributed by atoms with E-state index < -0.39 is 5.60 Å². The van der Waals surface area contributed by atoms with Crippen LogP contribution in [-0.2, 0) is 4.79 Å². The Labute approximate surface area is 110 Å². The fraction of sp³-hybridized carbons (Fsp3) is 0.462. The molecule has 0 aromatic carbocycles. The normalized spacial score (nSPS) is 22.5. The quantitative estimate of drug-likeness (QED) is 0.865. The van der Waals surface area contributed by atoms with Gasteiger partial charge in [-0.3, -0.25) is 4.79 Å². The minimum absolute atomic E-state index is 0.0302. The van der Waals surface area contributed by atoms with Gasteiger partial charge in [-0.1, -0.05) is 0 Å². The summed E-state index contributed by atoms with van der Waals surface area (Å²) in [4.78, 5) is 16.3. The molecule has 19 heavy (non-hydrogen) atoms. The Balaban J connectivity index is 1.70. The monoisotopic (exact) mass is 260 g/mol. The second-order valence-electron chi connectivity index (χ2n) is 5.54. The fourth-order valence-electron chi connectivity index (χ4n) is 2.38. The Morgan fingerprint density at radius 3 is 3.00 bits per heavy atom. The summed E-state index contributed by atoms with van der Waals surface area (Å²) in [7, 11) is 0. The molecule has 2 aromatic rings. The van der Waals surface area contributed by atoms with Crippen LogP contribution < -0.4 is 5.32 Å². The van der Waals surface area contributed by atoms with Crippen molar-refractivity contribution in [2.75, 3.05) is 5.32 Å². The van der Waals surface area contributed by atoms with Gasteiger partial charge in [0.1, 0.15) is 0 Å². The Bertz CT molecular complexity index is 596. The Morgan fingerprint density at radius 2 is 2.37 bits per heavy atom. The van der Waals surface area contributed by atoms with Crippen LogP contribution in [0, 0.1) is 11.8 Å². The lowest BCUT2D eigenvalue weighted by molar-refractivity contribution is -0.118. The van der Waals surface area contributed by atoms with Crippen LogP contribution >= 0.6 is 0 Å². The molecular formula is C13H16N4O2. The lowest BCUT2D eigenvalue weighted by Crippen LogP contribution is -2.26. The highest BCUT2D eigenvalue weighted by atomic mass is 16.3. The Hall–Kier alpha value is -1.95. The molecule has 2 atom stereocenters. The first-order chi connectivity index (χ1) is 8.95. The molecule has 0 bridgehead atoms. The number of imidazole rings is 1. The molecule has 1 aliphatic rings. The summed E-state index contributed by atoms with van der Waals surface area (Å²) >= 11 is 0. The second-order valence-corrected chi connectivity index (χ2v) is 5.54. The maximum Gasteiger partial charge on any atom is 0.229 e.